The van der Waals surface area contributed by atoms with E-state index in [-0.39, 0.29) is 5.82 Å². The van der Waals surface area contributed by atoms with E-state index in [1.807, 2.05) is 50.4 Å². The van der Waals surface area contributed by atoms with Crippen molar-refractivity contribution in [1.29, 1.82) is 10.5 Å². The Morgan fingerprint density at radius 2 is 1.92 bits per heavy atom. The normalized spacial score (nSPS) is 14.5. The van der Waals surface area contributed by atoms with E-state index >= 15 is 0 Å². The lowest BCUT2D eigenvalue weighted by Gasteiger charge is -2.10. The maximum Gasteiger partial charge on any atom is 0.142 e. The number of aromatic amines is 1. The number of allylic oxidation sites excluding steroid dienone is 3. The maximum absolute atomic E-state index is 9.62. The van der Waals surface area contributed by atoms with Gasteiger partial charge in [0.05, 0.1) is 16.8 Å². The Balaban J connectivity index is 2.04. The van der Waals surface area contributed by atoms with Crippen LogP contribution in [0.25, 0.3) is 28.1 Å². The number of anilines is 1. The molecular formula is C21H15N5. The second-order valence-electron chi connectivity index (χ2n) is 6.29. The number of nitrogens with zero attached hydrogens (tertiary/aromatic N) is 3. The summed E-state index contributed by atoms with van der Waals surface area (Å²) in [5.41, 5.74) is 12.7. The summed E-state index contributed by atoms with van der Waals surface area (Å²) in [6, 6.07) is 12.4. The molecule has 1 aliphatic carbocycles. The van der Waals surface area contributed by atoms with E-state index in [2.05, 4.69) is 22.1 Å². The number of rotatable bonds is 1. The zero-order valence-corrected chi connectivity index (χ0v) is 14.4. The number of pyridine rings is 1. The minimum atomic E-state index is 0.164. The van der Waals surface area contributed by atoms with E-state index in [4.69, 9.17) is 5.73 Å². The number of nitrogens with two attached hydrogens (primary N) is 1. The van der Waals surface area contributed by atoms with Crippen LogP contribution in [-0.4, -0.2) is 9.97 Å². The molecule has 124 valence electrons. The van der Waals surface area contributed by atoms with Crippen LogP contribution in [-0.2, 0) is 0 Å². The average Bonchev–Trinajstić information content (AvgIpc) is 3.15. The van der Waals surface area contributed by atoms with Gasteiger partial charge in [-0.05, 0) is 42.7 Å². The van der Waals surface area contributed by atoms with Crippen LogP contribution in [0.4, 0.5) is 5.82 Å². The molecule has 0 atom stereocenters. The highest BCUT2D eigenvalue weighted by atomic mass is 14.9. The fraction of sp³-hybridized carbons (Fsp3) is 0.0952. The van der Waals surface area contributed by atoms with E-state index in [0.717, 1.165) is 38.7 Å². The van der Waals surface area contributed by atoms with Crippen molar-refractivity contribution in [2.45, 2.75) is 13.8 Å². The van der Waals surface area contributed by atoms with E-state index in [0.29, 0.717) is 16.8 Å². The Bertz CT molecular complexity index is 1230. The van der Waals surface area contributed by atoms with Crippen LogP contribution in [0.3, 0.4) is 0 Å². The van der Waals surface area contributed by atoms with Gasteiger partial charge in [-0.2, -0.15) is 10.5 Å². The van der Waals surface area contributed by atoms with Gasteiger partial charge in [-0.15, -0.1) is 0 Å². The van der Waals surface area contributed by atoms with Crippen LogP contribution in [0.15, 0.2) is 36.0 Å². The number of benzene rings is 1. The van der Waals surface area contributed by atoms with Gasteiger partial charge in [-0.3, -0.25) is 0 Å². The lowest BCUT2D eigenvalue weighted by Crippen LogP contribution is -2.03. The van der Waals surface area contributed by atoms with Crippen LogP contribution >= 0.6 is 0 Å². The fourth-order valence-corrected chi connectivity index (χ4v) is 3.56. The SMILES string of the molecule is CC1=C(C#N)c2nc(N)c(C#N)c(C)c2/C1=C/c1c[nH]c2ccccc12. The monoisotopic (exact) mass is 337 g/mol. The number of hydrogen-bond donors (Lipinski definition) is 2. The molecule has 3 N–H and O–H groups in total. The molecule has 0 unspecified atom stereocenters. The quantitative estimate of drug-likeness (QED) is 0.695. The molecule has 0 saturated heterocycles. The molecule has 1 aromatic carbocycles. The number of aromatic nitrogens is 2. The molecule has 0 spiro atoms. The van der Waals surface area contributed by atoms with Crippen LogP contribution in [0.2, 0.25) is 0 Å². The Hall–Kier alpha value is -3.83. The van der Waals surface area contributed by atoms with Crippen LogP contribution in [0, 0.1) is 29.6 Å². The van der Waals surface area contributed by atoms with Gasteiger partial charge in [0.1, 0.15) is 18.0 Å². The minimum Gasteiger partial charge on any atom is -0.383 e. The lowest BCUT2D eigenvalue weighted by molar-refractivity contribution is 1.22. The van der Waals surface area contributed by atoms with Gasteiger partial charge < -0.3 is 10.7 Å². The van der Waals surface area contributed by atoms with Gasteiger partial charge in [-0.1, -0.05) is 18.2 Å². The van der Waals surface area contributed by atoms with Gasteiger partial charge in [-0.25, -0.2) is 4.98 Å². The lowest BCUT2D eigenvalue weighted by atomic mass is 9.95. The summed E-state index contributed by atoms with van der Waals surface area (Å²) in [5, 5.41) is 20.1. The van der Waals surface area contributed by atoms with E-state index in [1.54, 1.807) is 0 Å². The Morgan fingerprint density at radius 3 is 2.65 bits per heavy atom. The smallest absolute Gasteiger partial charge is 0.142 e. The molecule has 0 fully saturated rings. The largest absolute Gasteiger partial charge is 0.383 e. The summed E-state index contributed by atoms with van der Waals surface area (Å²) in [6.07, 6.45) is 3.99. The van der Waals surface area contributed by atoms with Gasteiger partial charge in [0, 0.05) is 28.2 Å². The molecule has 0 bridgehead atoms. The first kappa shape index (κ1) is 15.7. The molecule has 4 rings (SSSR count). The van der Waals surface area contributed by atoms with Crippen molar-refractivity contribution >= 4 is 33.9 Å². The van der Waals surface area contributed by atoms with Gasteiger partial charge in [0.2, 0.25) is 0 Å². The van der Waals surface area contributed by atoms with Crippen molar-refractivity contribution in [3.63, 3.8) is 0 Å². The standard InChI is InChI=1S/C21H15N5/c1-11-15(7-13-10-25-18-6-4-3-5-14(13)18)19-12(2)17(9-23)21(24)26-20(19)16(11)8-22/h3-7,10,25H,1-2H3,(H2,24,26)/b15-7+. The van der Waals surface area contributed by atoms with Gasteiger partial charge in [0.15, 0.2) is 0 Å². The summed E-state index contributed by atoms with van der Waals surface area (Å²) in [4.78, 5) is 7.61. The molecule has 5 nitrogen and oxygen atoms in total. The average molecular weight is 337 g/mol. The topological polar surface area (TPSA) is 102 Å². The highest BCUT2D eigenvalue weighted by molar-refractivity contribution is 6.10. The molecule has 0 amide bonds. The number of para-hydroxylation sites is 1. The highest BCUT2D eigenvalue weighted by Gasteiger charge is 2.29. The summed E-state index contributed by atoms with van der Waals surface area (Å²) < 4.78 is 0. The Labute approximate surface area is 150 Å². The third kappa shape index (κ3) is 2.05. The zero-order valence-electron chi connectivity index (χ0n) is 14.4. The summed E-state index contributed by atoms with van der Waals surface area (Å²) in [5.74, 6) is 0.164. The molecule has 1 aliphatic rings. The Kier molecular flexibility index (Phi) is 3.39. The first-order valence-corrected chi connectivity index (χ1v) is 8.17. The van der Waals surface area contributed by atoms with Crippen LogP contribution in [0.1, 0.15) is 34.9 Å². The highest BCUT2D eigenvalue weighted by Crippen LogP contribution is 2.44. The number of nitrogens with one attached hydrogen (secondary N) is 1. The third-order valence-electron chi connectivity index (χ3n) is 4.91. The molecule has 2 heterocycles. The van der Waals surface area contributed by atoms with E-state index in [9.17, 15) is 10.5 Å². The van der Waals surface area contributed by atoms with Gasteiger partial charge >= 0.3 is 0 Å². The first-order valence-electron chi connectivity index (χ1n) is 8.17. The number of hydrogen-bond acceptors (Lipinski definition) is 4. The van der Waals surface area contributed by atoms with E-state index < -0.39 is 0 Å². The molecule has 3 aromatic rings. The predicted molar refractivity (Wildman–Crippen MR) is 102 cm³/mol. The second kappa shape index (κ2) is 5.61. The van der Waals surface area contributed by atoms with Gasteiger partial charge in [0.25, 0.3) is 0 Å². The zero-order chi connectivity index (χ0) is 18.4. The number of nitriles is 2. The molecule has 0 saturated carbocycles. The van der Waals surface area contributed by atoms with E-state index in [1.165, 1.54) is 0 Å². The fourth-order valence-electron chi connectivity index (χ4n) is 3.56. The van der Waals surface area contributed by atoms with Crippen LogP contribution in [0.5, 0.6) is 0 Å². The summed E-state index contributed by atoms with van der Waals surface area (Å²) >= 11 is 0. The van der Waals surface area contributed by atoms with Crippen molar-refractivity contribution in [2.24, 2.45) is 0 Å². The molecule has 0 radical (unpaired) electrons. The first-order chi connectivity index (χ1) is 12.6. The molecule has 0 aliphatic heterocycles. The number of nitrogen functional groups attached to an aromatic ring is 1. The van der Waals surface area contributed by atoms with Crippen LogP contribution < -0.4 is 5.73 Å². The molecule has 2 aromatic heterocycles. The second-order valence-corrected chi connectivity index (χ2v) is 6.29. The number of H-pyrrole nitrogens is 1. The molecular weight excluding hydrogens is 322 g/mol. The minimum absolute atomic E-state index is 0.164. The van der Waals surface area contributed by atoms with Crippen molar-refractivity contribution < 1.29 is 0 Å². The Morgan fingerprint density at radius 1 is 1.15 bits per heavy atom. The maximum atomic E-state index is 9.62. The molecule has 26 heavy (non-hydrogen) atoms. The van der Waals surface area contributed by atoms with Crippen molar-refractivity contribution in [1.82, 2.24) is 9.97 Å². The third-order valence-corrected chi connectivity index (χ3v) is 4.91. The summed E-state index contributed by atoms with van der Waals surface area (Å²) in [7, 11) is 0. The van der Waals surface area contributed by atoms with Crippen molar-refractivity contribution in [3.8, 4) is 12.1 Å². The predicted octanol–water partition coefficient (Wildman–Crippen LogP) is 4.18. The molecule has 5 heteroatoms. The number of fused-ring (bicyclic) bond motifs is 2. The van der Waals surface area contributed by atoms with Crippen molar-refractivity contribution in [2.75, 3.05) is 5.73 Å². The summed E-state index contributed by atoms with van der Waals surface area (Å²) in [6.45, 7) is 3.76. The van der Waals surface area contributed by atoms with Crippen molar-refractivity contribution in [3.05, 3.63) is 64.0 Å².